The molecular weight excluding hydrogens is 460 g/mol. The highest BCUT2D eigenvalue weighted by Gasteiger charge is 2.53. The van der Waals surface area contributed by atoms with Gasteiger partial charge >= 0.3 is 0 Å². The maximum Gasteiger partial charge on any atom is 0.255 e. The third-order valence-corrected chi connectivity index (χ3v) is 8.81. The highest BCUT2D eigenvalue weighted by molar-refractivity contribution is 9.10. The summed E-state index contributed by atoms with van der Waals surface area (Å²) >= 11 is 3.53. The van der Waals surface area contributed by atoms with E-state index < -0.39 is 0 Å². The van der Waals surface area contributed by atoms with Gasteiger partial charge in [-0.05, 0) is 103 Å². The summed E-state index contributed by atoms with van der Waals surface area (Å²) in [5.74, 6) is 2.62. The first-order valence-electron chi connectivity index (χ1n) is 11.6. The normalized spacial score (nSPS) is 27.4. The van der Waals surface area contributed by atoms with Gasteiger partial charge in [-0.1, -0.05) is 46.3 Å². The van der Waals surface area contributed by atoms with E-state index in [0.717, 1.165) is 33.1 Å². The van der Waals surface area contributed by atoms with Crippen molar-refractivity contribution in [2.45, 2.75) is 38.1 Å². The van der Waals surface area contributed by atoms with Gasteiger partial charge in [0.2, 0.25) is 0 Å². The molecule has 3 aromatic rings. The van der Waals surface area contributed by atoms with Gasteiger partial charge in [-0.2, -0.15) is 0 Å². The molecule has 6 rings (SSSR count). The van der Waals surface area contributed by atoms with E-state index in [1.165, 1.54) is 36.1 Å². The summed E-state index contributed by atoms with van der Waals surface area (Å²) < 4.78 is 1.05. The molecule has 2 N–H and O–H groups in total. The third-order valence-electron chi connectivity index (χ3n) is 7.92. The topological polar surface area (TPSA) is 41.1 Å². The van der Waals surface area contributed by atoms with E-state index in [9.17, 15) is 4.79 Å². The SMILES string of the molecule is Cc1cc(NC(=O)c2ccc3c(c2)[C@@H]2[C@H]4CC[C@@H](C4)[C@H]2[C@@H](c2ccccc2)N3)ccc1Br. The molecule has 3 nitrogen and oxygen atoms in total. The maximum absolute atomic E-state index is 13.1. The summed E-state index contributed by atoms with van der Waals surface area (Å²) in [7, 11) is 0. The van der Waals surface area contributed by atoms with Crippen molar-refractivity contribution in [2.75, 3.05) is 10.6 Å². The second-order valence-electron chi connectivity index (χ2n) is 9.69. The van der Waals surface area contributed by atoms with Crippen LogP contribution in [0.5, 0.6) is 0 Å². The molecule has 3 aliphatic rings. The number of aryl methyl sites for hydroxylation is 1. The van der Waals surface area contributed by atoms with Crippen molar-refractivity contribution < 1.29 is 4.79 Å². The van der Waals surface area contributed by atoms with Crippen molar-refractivity contribution in [3.63, 3.8) is 0 Å². The lowest BCUT2D eigenvalue weighted by molar-refractivity contribution is 0.102. The molecule has 4 heteroatoms. The van der Waals surface area contributed by atoms with Gasteiger partial charge < -0.3 is 10.6 Å². The Bertz CT molecular complexity index is 1190. The Hall–Kier alpha value is -2.59. The lowest BCUT2D eigenvalue weighted by atomic mass is 9.68. The first-order chi connectivity index (χ1) is 15.6. The number of fused-ring (bicyclic) bond motifs is 7. The zero-order valence-electron chi connectivity index (χ0n) is 18.1. The fourth-order valence-electron chi connectivity index (χ4n) is 6.54. The number of hydrogen-bond acceptors (Lipinski definition) is 2. The van der Waals surface area contributed by atoms with Crippen molar-refractivity contribution >= 4 is 33.2 Å². The summed E-state index contributed by atoms with van der Waals surface area (Å²) in [6.45, 7) is 2.03. The zero-order valence-corrected chi connectivity index (χ0v) is 19.7. The van der Waals surface area contributed by atoms with E-state index in [4.69, 9.17) is 0 Å². The molecule has 0 unspecified atom stereocenters. The van der Waals surface area contributed by atoms with Crippen LogP contribution >= 0.6 is 15.9 Å². The maximum atomic E-state index is 13.1. The Balaban J connectivity index is 1.34. The molecule has 1 amide bonds. The first kappa shape index (κ1) is 20.0. The summed E-state index contributed by atoms with van der Waals surface area (Å²) in [5.41, 5.74) is 6.60. The van der Waals surface area contributed by atoms with Gasteiger partial charge in [0.25, 0.3) is 5.91 Å². The molecule has 0 saturated heterocycles. The lowest BCUT2D eigenvalue weighted by Crippen LogP contribution is -2.35. The average molecular weight is 487 g/mol. The fraction of sp³-hybridized carbons (Fsp3) is 0.321. The predicted octanol–water partition coefficient (Wildman–Crippen LogP) is 7.31. The van der Waals surface area contributed by atoms with E-state index >= 15 is 0 Å². The molecule has 1 heterocycles. The second kappa shape index (κ2) is 7.77. The smallest absolute Gasteiger partial charge is 0.255 e. The van der Waals surface area contributed by atoms with Gasteiger partial charge in [0.05, 0.1) is 6.04 Å². The Kier molecular flexibility index (Phi) is 4.87. The molecule has 5 atom stereocenters. The molecule has 1 aliphatic heterocycles. The van der Waals surface area contributed by atoms with Gasteiger partial charge in [-0.25, -0.2) is 0 Å². The van der Waals surface area contributed by atoms with Gasteiger partial charge in [-0.15, -0.1) is 0 Å². The average Bonchev–Trinajstić information content (AvgIpc) is 3.44. The number of amides is 1. The molecular formula is C28H27BrN2O. The Labute approximate surface area is 197 Å². The van der Waals surface area contributed by atoms with E-state index in [0.29, 0.717) is 17.9 Å². The number of nitrogens with one attached hydrogen (secondary N) is 2. The minimum absolute atomic E-state index is 0.0422. The van der Waals surface area contributed by atoms with Crippen LogP contribution < -0.4 is 10.6 Å². The van der Waals surface area contributed by atoms with Crippen LogP contribution in [0.4, 0.5) is 11.4 Å². The molecule has 0 aromatic heterocycles. The Morgan fingerprint density at radius 3 is 2.62 bits per heavy atom. The van der Waals surface area contributed by atoms with Gasteiger partial charge in [0.15, 0.2) is 0 Å². The van der Waals surface area contributed by atoms with E-state index in [1.807, 2.05) is 31.2 Å². The van der Waals surface area contributed by atoms with E-state index in [2.05, 4.69) is 69.0 Å². The summed E-state index contributed by atoms with van der Waals surface area (Å²) in [6.07, 6.45) is 3.99. The van der Waals surface area contributed by atoms with E-state index in [1.54, 1.807) is 0 Å². The van der Waals surface area contributed by atoms with Crippen molar-refractivity contribution in [3.8, 4) is 0 Å². The zero-order chi connectivity index (χ0) is 21.8. The predicted molar refractivity (Wildman–Crippen MR) is 133 cm³/mol. The summed E-state index contributed by atoms with van der Waals surface area (Å²) in [4.78, 5) is 13.1. The lowest BCUT2D eigenvalue weighted by Gasteiger charge is -2.43. The fourth-order valence-corrected chi connectivity index (χ4v) is 6.79. The number of halogens is 1. The molecule has 0 radical (unpaired) electrons. The van der Waals surface area contributed by atoms with Crippen molar-refractivity contribution in [2.24, 2.45) is 17.8 Å². The molecule has 32 heavy (non-hydrogen) atoms. The van der Waals surface area contributed by atoms with Crippen LogP contribution in [0.1, 0.15) is 58.3 Å². The summed E-state index contributed by atoms with van der Waals surface area (Å²) in [5, 5.41) is 6.94. The number of carbonyl (C=O) groups excluding carboxylic acids is 1. The molecule has 162 valence electrons. The van der Waals surface area contributed by atoms with Crippen molar-refractivity contribution in [1.82, 2.24) is 0 Å². The van der Waals surface area contributed by atoms with Crippen molar-refractivity contribution in [3.05, 3.63) is 93.5 Å². The van der Waals surface area contributed by atoms with Crippen LogP contribution in [-0.2, 0) is 0 Å². The highest BCUT2D eigenvalue weighted by Crippen LogP contribution is 2.63. The number of benzene rings is 3. The van der Waals surface area contributed by atoms with Gasteiger partial charge in [0.1, 0.15) is 0 Å². The van der Waals surface area contributed by atoms with Gasteiger partial charge in [-0.3, -0.25) is 4.79 Å². The Morgan fingerprint density at radius 1 is 1.00 bits per heavy atom. The largest absolute Gasteiger partial charge is 0.378 e. The van der Waals surface area contributed by atoms with E-state index in [-0.39, 0.29) is 5.91 Å². The highest BCUT2D eigenvalue weighted by atomic mass is 79.9. The number of carbonyl (C=O) groups is 1. The monoisotopic (exact) mass is 486 g/mol. The van der Waals surface area contributed by atoms with Crippen LogP contribution in [-0.4, -0.2) is 5.91 Å². The van der Waals surface area contributed by atoms with Crippen LogP contribution in [0.3, 0.4) is 0 Å². The van der Waals surface area contributed by atoms with Crippen LogP contribution in [0, 0.1) is 24.7 Å². The number of hydrogen-bond donors (Lipinski definition) is 2. The molecule has 0 spiro atoms. The number of anilines is 2. The van der Waals surface area contributed by atoms with Crippen LogP contribution in [0.25, 0.3) is 0 Å². The Morgan fingerprint density at radius 2 is 1.81 bits per heavy atom. The first-order valence-corrected chi connectivity index (χ1v) is 12.4. The molecule has 3 aromatic carbocycles. The molecule has 2 fully saturated rings. The molecule has 2 saturated carbocycles. The second-order valence-corrected chi connectivity index (χ2v) is 10.5. The van der Waals surface area contributed by atoms with Crippen LogP contribution in [0.2, 0.25) is 0 Å². The van der Waals surface area contributed by atoms with Crippen LogP contribution in [0.15, 0.2) is 71.2 Å². The minimum atomic E-state index is -0.0422. The van der Waals surface area contributed by atoms with Gasteiger partial charge in [0, 0.05) is 21.4 Å². The quantitative estimate of drug-likeness (QED) is 0.407. The third kappa shape index (κ3) is 3.27. The molecule has 2 aliphatic carbocycles. The summed E-state index contributed by atoms with van der Waals surface area (Å²) in [6, 6.07) is 23.4. The molecule has 2 bridgehead atoms. The minimum Gasteiger partial charge on any atom is -0.378 e. The standard InChI is InChI=1S/C28H27BrN2O/c1-16-13-21(10-11-23(16)29)30-28(32)20-9-12-24-22(15-20)25-18-7-8-19(14-18)26(25)27(31-24)17-5-3-2-4-6-17/h2-6,9-13,15,18-19,25-27,31H,7-8,14H2,1H3,(H,30,32)/t18-,19-,25-,26+,27+/m0/s1. The number of rotatable bonds is 3. The van der Waals surface area contributed by atoms with Crippen molar-refractivity contribution in [1.29, 1.82) is 0 Å².